The molecule has 1 amide bonds. The first-order valence-corrected chi connectivity index (χ1v) is 6.52. The third kappa shape index (κ3) is 3.57. The summed E-state index contributed by atoms with van der Waals surface area (Å²) in [7, 11) is 0. The van der Waals surface area contributed by atoms with Gasteiger partial charge in [0.15, 0.2) is 0 Å². The lowest BCUT2D eigenvalue weighted by atomic mass is 10.2. The van der Waals surface area contributed by atoms with Gasteiger partial charge in [0, 0.05) is 31.1 Å². The van der Waals surface area contributed by atoms with Crippen LogP contribution in [0.2, 0.25) is 5.02 Å². The first-order chi connectivity index (χ1) is 9.49. The zero-order valence-corrected chi connectivity index (χ0v) is 11.2. The third-order valence-corrected chi connectivity index (χ3v) is 3.21. The SMILES string of the molecule is O=C(NCCNc1cc(F)c(Cl)cc1[N+](=O)[O-])C1CC1. The van der Waals surface area contributed by atoms with Crippen molar-refractivity contribution in [3.05, 3.63) is 33.1 Å². The Hall–Kier alpha value is -1.89. The molecule has 0 saturated heterocycles. The molecule has 0 bridgehead atoms. The minimum absolute atomic E-state index is 0.0106. The smallest absolute Gasteiger partial charge is 0.294 e. The molecule has 8 heteroatoms. The van der Waals surface area contributed by atoms with Gasteiger partial charge in [-0.2, -0.15) is 0 Å². The Morgan fingerprint density at radius 3 is 2.75 bits per heavy atom. The molecule has 1 aromatic carbocycles. The average Bonchev–Trinajstić information content (AvgIpc) is 3.22. The number of nitrogens with one attached hydrogen (secondary N) is 2. The van der Waals surface area contributed by atoms with E-state index in [1.807, 2.05) is 0 Å². The molecule has 1 aliphatic rings. The lowest BCUT2D eigenvalue weighted by Crippen LogP contribution is -2.29. The Balaban J connectivity index is 1.92. The minimum Gasteiger partial charge on any atom is -0.378 e. The summed E-state index contributed by atoms with van der Waals surface area (Å²) >= 11 is 5.51. The Labute approximate surface area is 119 Å². The summed E-state index contributed by atoms with van der Waals surface area (Å²) < 4.78 is 13.3. The zero-order valence-electron chi connectivity index (χ0n) is 10.5. The number of halogens is 2. The molecule has 6 nitrogen and oxygen atoms in total. The van der Waals surface area contributed by atoms with E-state index in [9.17, 15) is 19.3 Å². The van der Waals surface area contributed by atoms with Gasteiger partial charge >= 0.3 is 0 Å². The predicted octanol–water partition coefficient (Wildman–Crippen LogP) is 2.33. The lowest BCUT2D eigenvalue weighted by Gasteiger charge is -2.09. The number of hydrogen-bond acceptors (Lipinski definition) is 4. The second-order valence-corrected chi connectivity index (χ2v) is 4.94. The highest BCUT2D eigenvalue weighted by atomic mass is 35.5. The van der Waals surface area contributed by atoms with Crippen LogP contribution in [-0.4, -0.2) is 23.9 Å². The summed E-state index contributed by atoms with van der Waals surface area (Å²) in [6.45, 7) is 0.580. The van der Waals surface area contributed by atoms with Gasteiger partial charge in [-0.1, -0.05) is 11.6 Å². The Morgan fingerprint density at radius 2 is 2.15 bits per heavy atom. The minimum atomic E-state index is -0.734. The topological polar surface area (TPSA) is 84.3 Å². The Morgan fingerprint density at radius 1 is 1.45 bits per heavy atom. The van der Waals surface area contributed by atoms with Gasteiger partial charge < -0.3 is 10.6 Å². The molecule has 2 rings (SSSR count). The molecule has 20 heavy (non-hydrogen) atoms. The molecular formula is C12H13ClFN3O3. The van der Waals surface area contributed by atoms with Crippen LogP contribution in [0.4, 0.5) is 15.8 Å². The van der Waals surface area contributed by atoms with E-state index in [0.717, 1.165) is 25.0 Å². The van der Waals surface area contributed by atoms with E-state index in [1.54, 1.807) is 0 Å². The second kappa shape index (κ2) is 6.04. The van der Waals surface area contributed by atoms with Gasteiger partial charge in [0.05, 0.1) is 9.95 Å². The number of rotatable bonds is 6. The van der Waals surface area contributed by atoms with Crippen molar-refractivity contribution in [3.63, 3.8) is 0 Å². The van der Waals surface area contributed by atoms with Crippen molar-refractivity contribution in [3.8, 4) is 0 Å². The van der Waals surface area contributed by atoms with Crippen LogP contribution in [-0.2, 0) is 4.79 Å². The van der Waals surface area contributed by atoms with Crippen LogP contribution in [0.25, 0.3) is 0 Å². The normalized spacial score (nSPS) is 13.9. The van der Waals surface area contributed by atoms with Gasteiger partial charge in [-0.25, -0.2) is 4.39 Å². The number of nitro benzene ring substituents is 1. The Bertz CT molecular complexity index is 549. The summed E-state index contributed by atoms with van der Waals surface area (Å²) in [6, 6.07) is 1.94. The molecule has 0 unspecified atom stereocenters. The molecular weight excluding hydrogens is 289 g/mol. The molecule has 0 aliphatic heterocycles. The molecule has 1 fully saturated rings. The largest absolute Gasteiger partial charge is 0.378 e. The van der Waals surface area contributed by atoms with Gasteiger partial charge in [-0.15, -0.1) is 0 Å². The number of amides is 1. The summed E-state index contributed by atoms with van der Waals surface area (Å²) in [6.07, 6.45) is 1.82. The fourth-order valence-electron chi connectivity index (χ4n) is 1.70. The van der Waals surface area contributed by atoms with Crippen molar-refractivity contribution in [1.29, 1.82) is 0 Å². The van der Waals surface area contributed by atoms with Crippen molar-refractivity contribution in [2.45, 2.75) is 12.8 Å². The molecule has 1 saturated carbocycles. The van der Waals surface area contributed by atoms with E-state index >= 15 is 0 Å². The van der Waals surface area contributed by atoms with Crippen molar-refractivity contribution in [2.75, 3.05) is 18.4 Å². The highest BCUT2D eigenvalue weighted by molar-refractivity contribution is 6.31. The monoisotopic (exact) mass is 301 g/mol. The Kier molecular flexibility index (Phi) is 4.39. The predicted molar refractivity (Wildman–Crippen MR) is 72.3 cm³/mol. The van der Waals surface area contributed by atoms with Gasteiger partial charge in [0.2, 0.25) is 5.91 Å². The van der Waals surface area contributed by atoms with Crippen LogP contribution < -0.4 is 10.6 Å². The summed E-state index contributed by atoms with van der Waals surface area (Å²) in [5.74, 6) is -0.636. The first kappa shape index (κ1) is 14.5. The fraction of sp³-hybridized carbons (Fsp3) is 0.417. The molecule has 1 aromatic rings. The molecule has 0 aromatic heterocycles. The van der Waals surface area contributed by atoms with E-state index < -0.39 is 10.7 Å². The quantitative estimate of drug-likeness (QED) is 0.480. The first-order valence-electron chi connectivity index (χ1n) is 6.14. The maximum absolute atomic E-state index is 13.3. The molecule has 0 spiro atoms. The number of carbonyl (C=O) groups excluding carboxylic acids is 1. The average molecular weight is 302 g/mol. The van der Waals surface area contributed by atoms with Crippen LogP contribution in [0, 0.1) is 21.8 Å². The standard InChI is InChI=1S/C12H13ClFN3O3/c13-8-5-11(17(19)20)10(6-9(8)14)15-3-4-16-12(18)7-1-2-7/h5-7,15H,1-4H2,(H,16,18). The van der Waals surface area contributed by atoms with Crippen molar-refractivity contribution >= 4 is 28.9 Å². The maximum Gasteiger partial charge on any atom is 0.294 e. The van der Waals surface area contributed by atoms with Gasteiger partial charge in [0.1, 0.15) is 11.5 Å². The van der Waals surface area contributed by atoms with Gasteiger partial charge in [0.25, 0.3) is 5.69 Å². The lowest BCUT2D eigenvalue weighted by molar-refractivity contribution is -0.384. The highest BCUT2D eigenvalue weighted by Crippen LogP contribution is 2.30. The highest BCUT2D eigenvalue weighted by Gasteiger charge is 2.29. The van der Waals surface area contributed by atoms with Crippen molar-refractivity contribution in [2.24, 2.45) is 5.92 Å². The van der Waals surface area contributed by atoms with E-state index in [2.05, 4.69) is 10.6 Å². The number of hydrogen-bond donors (Lipinski definition) is 2. The van der Waals surface area contributed by atoms with E-state index in [-0.39, 0.29) is 34.8 Å². The number of nitrogens with zero attached hydrogens (tertiary/aromatic N) is 1. The molecule has 0 heterocycles. The molecule has 0 radical (unpaired) electrons. The summed E-state index contributed by atoms with van der Waals surface area (Å²) in [4.78, 5) is 21.6. The number of carbonyl (C=O) groups is 1. The van der Waals surface area contributed by atoms with Gasteiger partial charge in [-0.3, -0.25) is 14.9 Å². The van der Waals surface area contributed by atoms with E-state index in [1.165, 1.54) is 0 Å². The molecule has 1 aliphatic carbocycles. The molecule has 2 N–H and O–H groups in total. The van der Waals surface area contributed by atoms with Crippen LogP contribution in [0.3, 0.4) is 0 Å². The van der Waals surface area contributed by atoms with E-state index in [4.69, 9.17) is 11.6 Å². The van der Waals surface area contributed by atoms with Crippen LogP contribution in [0.15, 0.2) is 12.1 Å². The third-order valence-electron chi connectivity index (χ3n) is 2.92. The summed E-state index contributed by atoms with van der Waals surface area (Å²) in [5, 5.41) is 16.0. The van der Waals surface area contributed by atoms with Crippen LogP contribution >= 0.6 is 11.6 Å². The van der Waals surface area contributed by atoms with Crippen molar-refractivity contribution < 1.29 is 14.1 Å². The summed E-state index contributed by atoms with van der Waals surface area (Å²) in [5.41, 5.74) is -0.262. The zero-order chi connectivity index (χ0) is 14.7. The number of anilines is 1. The van der Waals surface area contributed by atoms with Crippen molar-refractivity contribution in [1.82, 2.24) is 5.32 Å². The maximum atomic E-state index is 13.3. The number of nitro groups is 1. The second-order valence-electron chi connectivity index (χ2n) is 4.53. The van der Waals surface area contributed by atoms with Crippen LogP contribution in [0.1, 0.15) is 12.8 Å². The fourth-order valence-corrected chi connectivity index (χ4v) is 1.86. The van der Waals surface area contributed by atoms with Gasteiger partial charge in [-0.05, 0) is 12.8 Å². The van der Waals surface area contributed by atoms with E-state index in [0.29, 0.717) is 6.54 Å². The number of benzene rings is 1. The molecule has 108 valence electrons. The van der Waals surface area contributed by atoms with Crippen LogP contribution in [0.5, 0.6) is 0 Å². The molecule has 0 atom stereocenters.